The maximum absolute atomic E-state index is 11.9. The number of hydrogen-bond acceptors (Lipinski definition) is 6. The summed E-state index contributed by atoms with van der Waals surface area (Å²) in [6.07, 6.45) is 4.79. The van der Waals surface area contributed by atoms with Crippen molar-refractivity contribution in [1.82, 2.24) is 25.3 Å². The van der Waals surface area contributed by atoms with E-state index in [-0.39, 0.29) is 16.5 Å². The first-order chi connectivity index (χ1) is 14.9. The summed E-state index contributed by atoms with van der Waals surface area (Å²) < 4.78 is 25.7. The smallest absolute Gasteiger partial charge is 0.328 e. The lowest BCUT2D eigenvalue weighted by molar-refractivity contribution is 0.0948. The van der Waals surface area contributed by atoms with Crippen molar-refractivity contribution in [3.63, 3.8) is 0 Å². The highest BCUT2D eigenvalue weighted by molar-refractivity contribution is 7.90. The van der Waals surface area contributed by atoms with Crippen LogP contribution in [0.1, 0.15) is 57.6 Å². The second-order valence-electron chi connectivity index (χ2n) is 4.93. The van der Waals surface area contributed by atoms with Gasteiger partial charge in [0.25, 0.3) is 15.9 Å². The number of carbonyl (C=O) groups is 2. The number of rotatable bonds is 6. The Kier molecular flexibility index (Phi) is 17.3. The maximum Gasteiger partial charge on any atom is 0.328 e. The maximum atomic E-state index is 11.9. The van der Waals surface area contributed by atoms with Crippen LogP contribution in [0.3, 0.4) is 0 Å². The fraction of sp³-hybridized carbons (Fsp3) is 0.429. The van der Waals surface area contributed by atoms with Crippen LogP contribution in [0.15, 0.2) is 47.8 Å². The van der Waals surface area contributed by atoms with E-state index in [9.17, 15) is 18.0 Å². The topological polar surface area (TPSA) is 130 Å². The molecule has 0 aliphatic heterocycles. The molecule has 0 spiro atoms. The Hall–Kier alpha value is -3.01. The van der Waals surface area contributed by atoms with E-state index < -0.39 is 16.1 Å². The highest BCUT2D eigenvalue weighted by Crippen LogP contribution is 2.10. The summed E-state index contributed by atoms with van der Waals surface area (Å²) in [7, 11) is -2.58. The molecule has 3 N–H and O–H groups in total. The number of amides is 3. The molecule has 0 saturated carbocycles. The number of carbonyl (C=O) groups excluding carboxylic acids is 2. The molecule has 1 aromatic heterocycles. The molecule has 3 amide bonds. The molecule has 31 heavy (non-hydrogen) atoms. The Morgan fingerprint density at radius 3 is 2.00 bits per heavy atom. The summed E-state index contributed by atoms with van der Waals surface area (Å²) in [5.41, 5.74) is 1.06. The fourth-order valence-electron chi connectivity index (χ4n) is 1.89. The van der Waals surface area contributed by atoms with Gasteiger partial charge in [0, 0.05) is 26.0 Å². The zero-order chi connectivity index (χ0) is 24.3. The van der Waals surface area contributed by atoms with Crippen LogP contribution < -0.4 is 15.4 Å². The zero-order valence-corrected chi connectivity index (χ0v) is 20.2. The SMILES string of the molecule is CC.CC.CC.CNC(=O)NS(=O)(=O)c1ccc(CCNC(=O)c2cnccn2)cc1. The molecule has 2 rings (SSSR count). The quantitative estimate of drug-likeness (QED) is 0.616. The molecular formula is C21H35N5O4S. The monoisotopic (exact) mass is 453 g/mol. The van der Waals surface area contributed by atoms with Gasteiger partial charge >= 0.3 is 6.03 Å². The Bertz CT molecular complexity index is 842. The third-order valence-corrected chi connectivity index (χ3v) is 4.53. The Labute approximate surface area is 186 Å². The number of benzene rings is 1. The molecule has 0 bridgehead atoms. The van der Waals surface area contributed by atoms with Crippen molar-refractivity contribution in [2.24, 2.45) is 0 Å². The molecule has 1 heterocycles. The van der Waals surface area contributed by atoms with E-state index in [0.29, 0.717) is 13.0 Å². The van der Waals surface area contributed by atoms with Crippen LogP contribution in [0.25, 0.3) is 0 Å². The lowest BCUT2D eigenvalue weighted by Crippen LogP contribution is -2.37. The van der Waals surface area contributed by atoms with Gasteiger partial charge in [-0.05, 0) is 24.1 Å². The standard InChI is InChI=1S/C15H17N5O4S.3C2H6/c1-16-15(22)20-25(23,24)12-4-2-11(3-5-12)6-7-19-14(21)13-10-17-8-9-18-13;3*1-2/h2-5,8-10H,6-7H2,1H3,(H,19,21)(H2,16,20,22);3*1-2H3. The first-order valence-electron chi connectivity index (χ1n) is 10.3. The average molecular weight is 454 g/mol. The molecule has 0 fully saturated rings. The molecule has 0 atom stereocenters. The molecule has 174 valence electrons. The van der Waals surface area contributed by atoms with E-state index in [1.807, 2.05) is 46.3 Å². The fourth-order valence-corrected chi connectivity index (χ4v) is 2.85. The molecule has 9 nitrogen and oxygen atoms in total. The van der Waals surface area contributed by atoms with E-state index >= 15 is 0 Å². The average Bonchev–Trinajstić information content (AvgIpc) is 2.83. The van der Waals surface area contributed by atoms with Crippen molar-refractivity contribution in [2.45, 2.75) is 52.9 Å². The van der Waals surface area contributed by atoms with E-state index in [4.69, 9.17) is 0 Å². The Morgan fingerprint density at radius 1 is 0.935 bits per heavy atom. The van der Waals surface area contributed by atoms with Crippen molar-refractivity contribution in [1.29, 1.82) is 0 Å². The van der Waals surface area contributed by atoms with Crippen LogP contribution >= 0.6 is 0 Å². The van der Waals surface area contributed by atoms with Crippen LogP contribution in [-0.4, -0.2) is 43.9 Å². The summed E-state index contributed by atoms with van der Waals surface area (Å²) in [6.45, 7) is 12.4. The molecule has 0 aliphatic rings. The predicted molar refractivity (Wildman–Crippen MR) is 123 cm³/mol. The second-order valence-corrected chi connectivity index (χ2v) is 6.61. The van der Waals surface area contributed by atoms with Crippen LogP contribution in [-0.2, 0) is 16.4 Å². The Morgan fingerprint density at radius 2 is 1.52 bits per heavy atom. The molecular weight excluding hydrogens is 418 g/mol. The number of nitrogens with one attached hydrogen (secondary N) is 3. The molecule has 2 aromatic rings. The minimum Gasteiger partial charge on any atom is -0.350 e. The van der Waals surface area contributed by atoms with Crippen molar-refractivity contribution < 1.29 is 18.0 Å². The van der Waals surface area contributed by atoms with Crippen molar-refractivity contribution in [2.75, 3.05) is 13.6 Å². The van der Waals surface area contributed by atoms with E-state index in [1.54, 1.807) is 12.1 Å². The molecule has 0 radical (unpaired) electrons. The third kappa shape index (κ3) is 11.7. The van der Waals surface area contributed by atoms with Crippen LogP contribution in [0, 0.1) is 0 Å². The predicted octanol–water partition coefficient (Wildman–Crippen LogP) is 3.15. The van der Waals surface area contributed by atoms with E-state index in [2.05, 4.69) is 20.6 Å². The van der Waals surface area contributed by atoms with Crippen molar-refractivity contribution in [3.05, 3.63) is 54.1 Å². The van der Waals surface area contributed by atoms with Gasteiger partial charge in [0.1, 0.15) is 5.69 Å². The molecule has 10 heteroatoms. The lowest BCUT2D eigenvalue weighted by atomic mass is 10.1. The summed E-state index contributed by atoms with van der Waals surface area (Å²) in [6, 6.07) is 5.21. The highest BCUT2D eigenvalue weighted by atomic mass is 32.2. The largest absolute Gasteiger partial charge is 0.350 e. The van der Waals surface area contributed by atoms with Gasteiger partial charge in [-0.3, -0.25) is 9.78 Å². The second kappa shape index (κ2) is 17.8. The summed E-state index contributed by atoms with van der Waals surface area (Å²) in [5.74, 6) is -0.331. The highest BCUT2D eigenvalue weighted by Gasteiger charge is 2.16. The first kappa shape index (κ1) is 30.2. The molecule has 0 aliphatic carbocycles. The van der Waals surface area contributed by atoms with Gasteiger partial charge in [0.05, 0.1) is 11.1 Å². The van der Waals surface area contributed by atoms with E-state index in [1.165, 1.54) is 37.8 Å². The van der Waals surface area contributed by atoms with Gasteiger partial charge in [-0.15, -0.1) is 0 Å². The van der Waals surface area contributed by atoms with Crippen LogP contribution in [0.5, 0.6) is 0 Å². The van der Waals surface area contributed by atoms with Gasteiger partial charge < -0.3 is 10.6 Å². The molecule has 0 saturated heterocycles. The molecule has 1 aromatic carbocycles. The zero-order valence-electron chi connectivity index (χ0n) is 19.4. The van der Waals surface area contributed by atoms with Crippen LogP contribution in [0.4, 0.5) is 4.79 Å². The van der Waals surface area contributed by atoms with E-state index in [0.717, 1.165) is 5.56 Å². The minimum atomic E-state index is -3.91. The minimum absolute atomic E-state index is 0.0246. The Balaban J connectivity index is 0. The van der Waals surface area contributed by atoms with Gasteiger partial charge in [-0.25, -0.2) is 22.9 Å². The first-order valence-corrected chi connectivity index (χ1v) is 11.8. The van der Waals surface area contributed by atoms with Gasteiger partial charge in [-0.2, -0.15) is 0 Å². The third-order valence-electron chi connectivity index (χ3n) is 3.18. The van der Waals surface area contributed by atoms with Crippen molar-refractivity contribution >= 4 is 22.0 Å². The summed E-state index contributed by atoms with van der Waals surface area (Å²) >= 11 is 0. The number of urea groups is 1. The van der Waals surface area contributed by atoms with Crippen molar-refractivity contribution in [3.8, 4) is 0 Å². The van der Waals surface area contributed by atoms with Gasteiger partial charge in [-0.1, -0.05) is 53.7 Å². The van der Waals surface area contributed by atoms with Gasteiger partial charge in [0.15, 0.2) is 0 Å². The molecule has 0 unspecified atom stereocenters. The summed E-state index contributed by atoms with van der Waals surface area (Å²) in [5, 5.41) is 4.88. The summed E-state index contributed by atoms with van der Waals surface area (Å²) in [4.78, 5) is 30.6. The lowest BCUT2D eigenvalue weighted by Gasteiger charge is -2.08. The van der Waals surface area contributed by atoms with Gasteiger partial charge in [0.2, 0.25) is 0 Å². The normalized spacial score (nSPS) is 9.26. The number of hydrogen-bond donors (Lipinski definition) is 3. The number of aromatic nitrogens is 2. The van der Waals surface area contributed by atoms with Crippen LogP contribution in [0.2, 0.25) is 0 Å². The number of sulfonamides is 1. The number of nitrogens with zero attached hydrogens (tertiary/aromatic N) is 2.